The molecule has 196 valence electrons. The predicted octanol–water partition coefficient (Wildman–Crippen LogP) is 5.04. The van der Waals surface area contributed by atoms with Gasteiger partial charge in [-0.1, -0.05) is 49.4 Å². The Bertz CT molecular complexity index is 1610. The van der Waals surface area contributed by atoms with Crippen LogP contribution < -0.4 is 15.5 Å². The summed E-state index contributed by atoms with van der Waals surface area (Å²) in [6, 6.07) is 22.1. The van der Waals surface area contributed by atoms with Crippen molar-refractivity contribution in [1.82, 2.24) is 4.31 Å². The third-order valence-electron chi connectivity index (χ3n) is 6.54. The lowest BCUT2D eigenvalue weighted by Crippen LogP contribution is -2.34. The number of anilines is 1. The second-order valence-corrected chi connectivity index (χ2v) is 11.0. The molecule has 0 aliphatic carbocycles. The number of fused-ring (bicyclic) bond motifs is 1. The van der Waals surface area contributed by atoms with Gasteiger partial charge in [-0.25, -0.2) is 8.42 Å². The first kappa shape index (κ1) is 25.7. The fourth-order valence-corrected chi connectivity index (χ4v) is 6.00. The van der Waals surface area contributed by atoms with Crippen LogP contribution in [0.4, 0.5) is 5.69 Å². The summed E-state index contributed by atoms with van der Waals surface area (Å²) in [7, 11) is -3.55. The molecule has 1 aliphatic rings. The lowest BCUT2D eigenvalue weighted by molar-refractivity contribution is -0.122. The molecule has 2 heterocycles. The predicted molar refractivity (Wildman–Crippen MR) is 146 cm³/mol. The first-order valence-electron chi connectivity index (χ1n) is 12.6. The topological polar surface area (TPSA) is 106 Å². The number of nitrogens with one attached hydrogen (secondary N) is 1. The van der Waals surface area contributed by atoms with Gasteiger partial charge in [-0.05, 0) is 55.7 Å². The highest BCUT2D eigenvalue weighted by molar-refractivity contribution is 7.89. The van der Waals surface area contributed by atoms with Gasteiger partial charge in [-0.2, -0.15) is 4.31 Å². The zero-order valence-corrected chi connectivity index (χ0v) is 21.7. The van der Waals surface area contributed by atoms with Crippen molar-refractivity contribution in [3.8, 4) is 17.1 Å². The molecule has 1 unspecified atom stereocenters. The van der Waals surface area contributed by atoms with Gasteiger partial charge >= 0.3 is 0 Å². The molecule has 1 saturated heterocycles. The van der Waals surface area contributed by atoms with Gasteiger partial charge < -0.3 is 14.5 Å². The fraction of sp³-hybridized carbons (Fsp3) is 0.241. The third kappa shape index (κ3) is 5.07. The number of carbonyl (C=O) groups excluding carboxylic acids is 1. The van der Waals surface area contributed by atoms with Crippen molar-refractivity contribution in [2.24, 2.45) is 0 Å². The minimum atomic E-state index is -3.55. The summed E-state index contributed by atoms with van der Waals surface area (Å²) < 4.78 is 39.2. The minimum Gasteiger partial charge on any atom is -0.473 e. The normalized spacial score (nSPS) is 14.9. The Kier molecular flexibility index (Phi) is 7.31. The molecule has 1 N–H and O–H groups in total. The number of benzene rings is 3. The summed E-state index contributed by atoms with van der Waals surface area (Å²) in [6.45, 7) is 2.81. The molecular weight excluding hydrogens is 504 g/mol. The number of para-hydroxylation sites is 1. The summed E-state index contributed by atoms with van der Waals surface area (Å²) in [4.78, 5) is 26.8. The van der Waals surface area contributed by atoms with E-state index in [9.17, 15) is 18.0 Å². The van der Waals surface area contributed by atoms with Crippen molar-refractivity contribution in [2.75, 3.05) is 18.4 Å². The van der Waals surface area contributed by atoms with Crippen LogP contribution in [0.1, 0.15) is 26.2 Å². The minimum absolute atomic E-state index is 0.0380. The third-order valence-corrected chi connectivity index (χ3v) is 8.45. The molecule has 0 saturated carbocycles. The quantitative estimate of drug-likeness (QED) is 0.341. The zero-order chi connectivity index (χ0) is 26.7. The van der Waals surface area contributed by atoms with Gasteiger partial charge in [0.2, 0.25) is 21.2 Å². The lowest BCUT2D eigenvalue weighted by atomic mass is 10.1. The molecule has 0 spiro atoms. The molecule has 8 nitrogen and oxygen atoms in total. The Hall–Kier alpha value is -3.95. The number of nitrogens with zero attached hydrogens (tertiary/aromatic N) is 1. The van der Waals surface area contributed by atoms with Crippen molar-refractivity contribution >= 4 is 32.6 Å². The second-order valence-electron chi connectivity index (χ2n) is 9.09. The summed E-state index contributed by atoms with van der Waals surface area (Å²) in [5.41, 5.74) is 1.13. The van der Waals surface area contributed by atoms with Crippen LogP contribution in [0.5, 0.6) is 5.75 Å². The van der Waals surface area contributed by atoms with E-state index < -0.39 is 22.0 Å². The molecule has 1 aliphatic heterocycles. The number of ether oxygens (including phenoxy) is 1. The Morgan fingerprint density at radius 1 is 0.974 bits per heavy atom. The number of rotatable bonds is 8. The SMILES string of the molecule is CCC(Oc1c(-c2ccccc2)oc2ccccc2c1=O)C(=O)Nc1ccc(S(=O)(=O)N2CCCC2)cc1. The number of sulfonamides is 1. The highest BCUT2D eigenvalue weighted by atomic mass is 32.2. The first-order valence-corrected chi connectivity index (χ1v) is 14.0. The monoisotopic (exact) mass is 532 g/mol. The van der Waals surface area contributed by atoms with Crippen LogP contribution in [-0.4, -0.2) is 37.8 Å². The fourth-order valence-electron chi connectivity index (χ4n) is 4.49. The van der Waals surface area contributed by atoms with Gasteiger partial charge in [0.05, 0.1) is 10.3 Å². The molecule has 1 fully saturated rings. The van der Waals surface area contributed by atoms with Crippen LogP contribution in [0.25, 0.3) is 22.3 Å². The van der Waals surface area contributed by atoms with E-state index in [4.69, 9.17) is 9.15 Å². The van der Waals surface area contributed by atoms with E-state index in [0.29, 0.717) is 35.3 Å². The summed E-state index contributed by atoms with van der Waals surface area (Å²) >= 11 is 0. The highest BCUT2D eigenvalue weighted by Gasteiger charge is 2.28. The maximum atomic E-state index is 13.4. The van der Waals surface area contributed by atoms with Crippen LogP contribution >= 0.6 is 0 Å². The van der Waals surface area contributed by atoms with Crippen molar-refractivity contribution in [3.05, 3.63) is 89.1 Å². The van der Waals surface area contributed by atoms with Gasteiger partial charge in [-0.3, -0.25) is 9.59 Å². The summed E-state index contributed by atoms with van der Waals surface area (Å²) in [5.74, 6) is -0.254. The van der Waals surface area contributed by atoms with Gasteiger partial charge in [0.1, 0.15) is 5.58 Å². The largest absolute Gasteiger partial charge is 0.473 e. The van der Waals surface area contributed by atoms with Crippen LogP contribution in [0.2, 0.25) is 0 Å². The van der Waals surface area contributed by atoms with Crippen LogP contribution in [0, 0.1) is 0 Å². The van der Waals surface area contributed by atoms with E-state index >= 15 is 0 Å². The van der Waals surface area contributed by atoms with E-state index in [2.05, 4.69) is 5.32 Å². The van der Waals surface area contributed by atoms with Crippen LogP contribution in [0.15, 0.2) is 93.0 Å². The molecule has 1 aromatic heterocycles. The van der Waals surface area contributed by atoms with Crippen LogP contribution in [0.3, 0.4) is 0 Å². The van der Waals surface area contributed by atoms with Gasteiger partial charge in [-0.15, -0.1) is 0 Å². The van der Waals surface area contributed by atoms with E-state index in [1.807, 2.05) is 18.2 Å². The molecule has 3 aromatic carbocycles. The van der Waals surface area contributed by atoms with E-state index in [1.54, 1.807) is 55.5 Å². The smallest absolute Gasteiger partial charge is 0.265 e. The maximum Gasteiger partial charge on any atom is 0.265 e. The molecule has 1 amide bonds. The molecule has 4 aromatic rings. The van der Waals surface area contributed by atoms with Gasteiger partial charge in [0, 0.05) is 24.3 Å². The Morgan fingerprint density at radius 2 is 1.63 bits per heavy atom. The van der Waals surface area contributed by atoms with E-state index in [-0.39, 0.29) is 28.3 Å². The summed E-state index contributed by atoms with van der Waals surface area (Å²) in [6.07, 6.45) is 1.00. The molecule has 9 heteroatoms. The Labute approximate surface area is 220 Å². The first-order chi connectivity index (χ1) is 18.4. The number of hydrogen-bond donors (Lipinski definition) is 1. The molecule has 1 atom stereocenters. The highest BCUT2D eigenvalue weighted by Crippen LogP contribution is 2.32. The molecular formula is C29H28N2O6S. The van der Waals surface area contributed by atoms with E-state index in [0.717, 1.165) is 12.8 Å². The number of carbonyl (C=O) groups is 1. The van der Waals surface area contributed by atoms with Gasteiger partial charge in [0.15, 0.2) is 11.9 Å². The van der Waals surface area contributed by atoms with Crippen molar-refractivity contribution < 1.29 is 22.4 Å². The standard InChI is InChI=1S/C29H28N2O6S/c1-2-24(29(33)30-21-14-16-22(17-15-21)38(34,35)31-18-8-9-19-31)36-28-26(32)23-12-6-7-13-25(23)37-27(28)20-10-4-3-5-11-20/h3-7,10-17,24H,2,8-9,18-19H2,1H3,(H,30,33). The second kappa shape index (κ2) is 10.8. The zero-order valence-electron chi connectivity index (χ0n) is 20.9. The van der Waals surface area contributed by atoms with Gasteiger partial charge in [0.25, 0.3) is 5.91 Å². The van der Waals surface area contributed by atoms with Crippen molar-refractivity contribution in [1.29, 1.82) is 0 Å². The van der Waals surface area contributed by atoms with E-state index in [1.165, 1.54) is 16.4 Å². The number of amides is 1. The van der Waals surface area contributed by atoms with Crippen molar-refractivity contribution in [2.45, 2.75) is 37.2 Å². The van der Waals surface area contributed by atoms with Crippen LogP contribution in [-0.2, 0) is 14.8 Å². The number of hydrogen-bond acceptors (Lipinski definition) is 6. The van der Waals surface area contributed by atoms with Crippen molar-refractivity contribution in [3.63, 3.8) is 0 Å². The Morgan fingerprint density at radius 3 is 2.32 bits per heavy atom. The summed E-state index contributed by atoms with van der Waals surface area (Å²) in [5, 5.41) is 3.13. The molecule has 38 heavy (non-hydrogen) atoms. The average molecular weight is 533 g/mol. The maximum absolute atomic E-state index is 13.4. The lowest BCUT2D eigenvalue weighted by Gasteiger charge is -2.19. The molecule has 0 bridgehead atoms. The Balaban J connectivity index is 1.40. The molecule has 5 rings (SSSR count). The average Bonchev–Trinajstić information content (AvgIpc) is 3.50. The molecule has 0 radical (unpaired) electrons.